The van der Waals surface area contributed by atoms with Gasteiger partial charge in [0.25, 0.3) is 0 Å². The van der Waals surface area contributed by atoms with Gasteiger partial charge in [-0.15, -0.1) is 11.6 Å². The standard InChI is InChI=1S/C16H27NO.C4H7ClO.C3H5Cl.C2H6/c1-16(2,3)18-13-9-8-12-17(4)14-15-10-6-5-7-11-15;1-4(3-5)6-2;1-3(2)4;1-2/h5-7,10-11H,8-9,12-14H2,1-4H3;1,3H2,2H3;1H2,2H3;1-2H3. The van der Waals surface area contributed by atoms with Gasteiger partial charge in [-0.1, -0.05) is 68.9 Å². The van der Waals surface area contributed by atoms with Crippen molar-refractivity contribution in [3.05, 3.63) is 59.8 Å². The molecule has 0 N–H and O–H groups in total. The van der Waals surface area contributed by atoms with E-state index in [0.717, 1.165) is 26.1 Å². The van der Waals surface area contributed by atoms with Gasteiger partial charge in [0.2, 0.25) is 0 Å². The highest BCUT2D eigenvalue weighted by atomic mass is 35.5. The molecule has 0 aromatic heterocycles. The zero-order valence-corrected chi connectivity index (χ0v) is 22.1. The van der Waals surface area contributed by atoms with Crippen molar-refractivity contribution in [1.82, 2.24) is 4.90 Å². The van der Waals surface area contributed by atoms with Crippen molar-refractivity contribution in [2.24, 2.45) is 0 Å². The van der Waals surface area contributed by atoms with Gasteiger partial charge in [0, 0.05) is 18.2 Å². The molecule has 0 spiro atoms. The van der Waals surface area contributed by atoms with Crippen LogP contribution in [0, 0.1) is 0 Å². The number of methoxy groups -OCH3 is 1. The lowest BCUT2D eigenvalue weighted by molar-refractivity contribution is -0.00516. The van der Waals surface area contributed by atoms with E-state index in [1.807, 2.05) is 13.8 Å². The SMILES string of the molecule is C=C(C)Cl.C=C(CCl)OC.CC.CN(CCCCOC(C)(C)C)Cc1ccccc1. The molecule has 176 valence electrons. The average molecular weight is 463 g/mol. The first kappa shape index (κ1) is 33.6. The highest BCUT2D eigenvalue weighted by Crippen LogP contribution is 2.08. The van der Waals surface area contributed by atoms with Gasteiger partial charge >= 0.3 is 0 Å². The molecule has 0 bridgehead atoms. The summed E-state index contributed by atoms with van der Waals surface area (Å²) >= 11 is 10.3. The van der Waals surface area contributed by atoms with Gasteiger partial charge in [0.15, 0.2) is 0 Å². The Morgan fingerprint density at radius 2 is 1.57 bits per heavy atom. The molecule has 1 aromatic rings. The van der Waals surface area contributed by atoms with Crippen molar-refractivity contribution in [3.63, 3.8) is 0 Å². The molecule has 0 amide bonds. The fraction of sp³-hybridized carbons (Fsp3) is 0.600. The molecule has 0 saturated carbocycles. The second kappa shape index (κ2) is 22.7. The summed E-state index contributed by atoms with van der Waals surface area (Å²) in [5, 5.41) is 0.639. The molecule has 0 fully saturated rings. The van der Waals surface area contributed by atoms with Crippen LogP contribution in [0.1, 0.15) is 59.9 Å². The predicted molar refractivity (Wildman–Crippen MR) is 137 cm³/mol. The summed E-state index contributed by atoms with van der Waals surface area (Å²) < 4.78 is 10.3. The highest BCUT2D eigenvalue weighted by Gasteiger charge is 2.09. The van der Waals surface area contributed by atoms with Crippen molar-refractivity contribution in [2.45, 2.75) is 66.5 Å². The Morgan fingerprint density at radius 3 is 1.93 bits per heavy atom. The molecule has 0 unspecified atom stereocenters. The molecule has 1 rings (SSSR count). The number of benzene rings is 1. The summed E-state index contributed by atoms with van der Waals surface area (Å²) in [6.07, 6.45) is 2.33. The summed E-state index contributed by atoms with van der Waals surface area (Å²) in [5.74, 6) is 0.993. The zero-order chi connectivity index (χ0) is 24.0. The fourth-order valence-electron chi connectivity index (χ4n) is 1.89. The molecule has 0 heterocycles. The molecule has 30 heavy (non-hydrogen) atoms. The van der Waals surface area contributed by atoms with Gasteiger partial charge in [0.1, 0.15) is 5.76 Å². The maximum Gasteiger partial charge on any atom is 0.103 e. The van der Waals surface area contributed by atoms with Gasteiger partial charge in [-0.25, -0.2) is 0 Å². The topological polar surface area (TPSA) is 21.7 Å². The number of hydrogen-bond acceptors (Lipinski definition) is 3. The number of rotatable bonds is 9. The molecule has 0 atom stereocenters. The van der Waals surface area contributed by atoms with Crippen LogP contribution in [0.5, 0.6) is 0 Å². The molecule has 3 nitrogen and oxygen atoms in total. The van der Waals surface area contributed by atoms with Gasteiger partial charge < -0.3 is 14.4 Å². The third kappa shape index (κ3) is 31.7. The minimum absolute atomic E-state index is 0.00403. The van der Waals surface area contributed by atoms with Crippen LogP contribution < -0.4 is 0 Å². The Balaban J connectivity index is -0.000000502. The van der Waals surface area contributed by atoms with Crippen molar-refractivity contribution in [3.8, 4) is 0 Å². The molecule has 0 saturated heterocycles. The third-order valence-corrected chi connectivity index (χ3v) is 3.50. The van der Waals surface area contributed by atoms with E-state index in [1.54, 1.807) is 14.0 Å². The first-order chi connectivity index (χ1) is 14.0. The second-order valence-corrected chi connectivity index (χ2v) is 8.36. The van der Waals surface area contributed by atoms with E-state index in [9.17, 15) is 0 Å². The Labute approximate surface area is 197 Å². The van der Waals surface area contributed by atoms with Gasteiger partial charge in [-0.2, -0.15) is 0 Å². The molecule has 0 aliphatic heterocycles. The Hall–Kier alpha value is -1.00. The van der Waals surface area contributed by atoms with Crippen molar-refractivity contribution < 1.29 is 9.47 Å². The summed E-state index contributed by atoms with van der Waals surface area (Å²) in [4.78, 5) is 2.37. The van der Waals surface area contributed by atoms with Crippen LogP contribution >= 0.6 is 23.2 Å². The van der Waals surface area contributed by atoms with Gasteiger partial charge in [-0.05, 0) is 59.7 Å². The largest absolute Gasteiger partial charge is 0.500 e. The molecule has 0 aliphatic rings. The van der Waals surface area contributed by atoms with Crippen molar-refractivity contribution in [1.29, 1.82) is 0 Å². The van der Waals surface area contributed by atoms with E-state index < -0.39 is 0 Å². The maximum atomic E-state index is 5.71. The number of alkyl halides is 1. The summed E-state index contributed by atoms with van der Waals surface area (Å²) in [5.41, 5.74) is 1.38. The van der Waals surface area contributed by atoms with Crippen LogP contribution in [0.2, 0.25) is 0 Å². The predicted octanol–water partition coefficient (Wildman–Crippen LogP) is 7.88. The van der Waals surface area contributed by atoms with Crippen LogP contribution in [0.4, 0.5) is 0 Å². The first-order valence-corrected chi connectivity index (χ1v) is 11.4. The third-order valence-electron chi connectivity index (χ3n) is 3.20. The highest BCUT2D eigenvalue weighted by molar-refractivity contribution is 6.28. The molecule has 0 radical (unpaired) electrons. The van der Waals surface area contributed by atoms with E-state index in [1.165, 1.54) is 12.0 Å². The van der Waals surface area contributed by atoms with Crippen LogP contribution in [0.25, 0.3) is 0 Å². The van der Waals surface area contributed by atoms with E-state index in [-0.39, 0.29) is 5.60 Å². The van der Waals surface area contributed by atoms with Crippen LogP contribution in [-0.2, 0) is 16.0 Å². The normalized spacial score (nSPS) is 9.83. The minimum Gasteiger partial charge on any atom is -0.500 e. The fourth-order valence-corrected chi connectivity index (χ4v) is 2.00. The quantitative estimate of drug-likeness (QED) is 0.212. The van der Waals surface area contributed by atoms with Crippen molar-refractivity contribution >= 4 is 23.2 Å². The first-order valence-electron chi connectivity index (χ1n) is 10.5. The molecular formula is C25H45Cl2NO2. The lowest BCUT2D eigenvalue weighted by Crippen LogP contribution is -2.22. The van der Waals surface area contributed by atoms with E-state index in [4.69, 9.17) is 27.9 Å². The zero-order valence-electron chi connectivity index (χ0n) is 20.6. The van der Waals surface area contributed by atoms with Crippen LogP contribution in [0.15, 0.2) is 54.3 Å². The molecular weight excluding hydrogens is 417 g/mol. The number of halogens is 2. The second-order valence-electron chi connectivity index (χ2n) is 7.44. The van der Waals surface area contributed by atoms with Gasteiger partial charge in [0.05, 0.1) is 18.6 Å². The maximum absolute atomic E-state index is 5.71. The monoisotopic (exact) mass is 461 g/mol. The van der Waals surface area contributed by atoms with E-state index in [2.05, 4.69) is 80.9 Å². The number of hydrogen-bond donors (Lipinski definition) is 0. The molecule has 0 aliphatic carbocycles. The summed E-state index contributed by atoms with van der Waals surface area (Å²) in [6.45, 7) is 21.8. The molecule has 5 heteroatoms. The van der Waals surface area contributed by atoms with Gasteiger partial charge in [-0.3, -0.25) is 0 Å². The Kier molecular flexibility index (Phi) is 25.4. The smallest absolute Gasteiger partial charge is 0.103 e. The summed E-state index contributed by atoms with van der Waals surface area (Å²) in [6, 6.07) is 10.6. The van der Waals surface area contributed by atoms with E-state index in [0.29, 0.717) is 16.7 Å². The van der Waals surface area contributed by atoms with Crippen molar-refractivity contribution in [2.75, 3.05) is 33.2 Å². The summed E-state index contributed by atoms with van der Waals surface area (Å²) in [7, 11) is 3.72. The Morgan fingerprint density at radius 1 is 1.07 bits per heavy atom. The Bertz CT molecular complexity index is 504. The number of allylic oxidation sites excluding steroid dienone is 2. The van der Waals surface area contributed by atoms with Crippen LogP contribution in [-0.4, -0.2) is 43.7 Å². The lowest BCUT2D eigenvalue weighted by atomic mass is 10.2. The average Bonchev–Trinajstić information content (AvgIpc) is 2.68. The van der Waals surface area contributed by atoms with Crippen LogP contribution in [0.3, 0.4) is 0 Å². The van der Waals surface area contributed by atoms with E-state index >= 15 is 0 Å². The lowest BCUT2D eigenvalue weighted by Gasteiger charge is -2.20. The number of ether oxygens (including phenoxy) is 2. The minimum atomic E-state index is -0.00403. The number of unbranched alkanes of at least 4 members (excludes halogenated alkanes) is 1. The number of nitrogens with zero attached hydrogens (tertiary/aromatic N) is 1. The molecule has 1 aromatic carbocycles.